The molecule has 2 bridgehead atoms. The van der Waals surface area contributed by atoms with E-state index < -0.39 is 23.8 Å². The van der Waals surface area contributed by atoms with Crippen molar-refractivity contribution in [3.05, 3.63) is 44.6 Å². The highest BCUT2D eigenvalue weighted by molar-refractivity contribution is 8.00. The van der Waals surface area contributed by atoms with Gasteiger partial charge in [0.2, 0.25) is 11.8 Å². The second kappa shape index (κ2) is 6.52. The Bertz CT molecular complexity index is 1180. The van der Waals surface area contributed by atoms with Gasteiger partial charge in [-0.05, 0) is 42.7 Å². The third-order valence-corrected chi connectivity index (χ3v) is 10.1. The van der Waals surface area contributed by atoms with E-state index in [0.717, 1.165) is 26.8 Å². The number of aromatic amines is 1. The van der Waals surface area contributed by atoms with Crippen LogP contribution in [0.3, 0.4) is 0 Å². The number of amides is 2. The van der Waals surface area contributed by atoms with Gasteiger partial charge in [0.05, 0.1) is 16.9 Å². The molecule has 4 aliphatic rings. The van der Waals surface area contributed by atoms with Crippen molar-refractivity contribution >= 4 is 40.9 Å². The van der Waals surface area contributed by atoms with Crippen molar-refractivity contribution in [1.82, 2.24) is 14.9 Å². The highest BCUT2D eigenvalue weighted by Crippen LogP contribution is 2.68. The SMILES string of the molecule is C[C@H](C(=O)O)N1C(=O)[C@@H]2[C@H]3C[C@@H]([C@@H]2C1=O)[C@@H]1[C@@H](c2cccnc2)c2sc(=O)[nH]c2S[C@@H]31. The van der Waals surface area contributed by atoms with Gasteiger partial charge in [-0.3, -0.25) is 24.3 Å². The maximum atomic E-state index is 13.3. The van der Waals surface area contributed by atoms with E-state index >= 15 is 0 Å². The molecule has 10 heteroatoms. The number of hydrogen-bond acceptors (Lipinski definition) is 7. The summed E-state index contributed by atoms with van der Waals surface area (Å²) in [7, 11) is 0. The van der Waals surface area contributed by atoms with Crippen LogP contribution < -0.4 is 4.87 Å². The maximum absolute atomic E-state index is 13.3. The molecular formula is C21H19N3O5S2. The number of carbonyl (C=O) groups excluding carboxylic acids is 2. The zero-order chi connectivity index (χ0) is 21.6. The van der Waals surface area contributed by atoms with E-state index in [2.05, 4.69) is 9.97 Å². The molecule has 8 nitrogen and oxygen atoms in total. The monoisotopic (exact) mass is 457 g/mol. The number of imide groups is 1. The van der Waals surface area contributed by atoms with Crippen LogP contribution in [0.1, 0.15) is 29.7 Å². The summed E-state index contributed by atoms with van der Waals surface area (Å²) < 4.78 is 0. The highest BCUT2D eigenvalue weighted by Gasteiger charge is 2.70. The lowest BCUT2D eigenvalue weighted by molar-refractivity contribution is -0.154. The van der Waals surface area contributed by atoms with Crippen LogP contribution in [-0.4, -0.2) is 49.0 Å². The van der Waals surface area contributed by atoms with Gasteiger partial charge in [-0.15, -0.1) is 11.8 Å². The van der Waals surface area contributed by atoms with Crippen molar-refractivity contribution in [3.63, 3.8) is 0 Å². The largest absolute Gasteiger partial charge is 0.480 e. The Morgan fingerprint density at radius 2 is 2.00 bits per heavy atom. The number of thiazole rings is 1. The smallest absolute Gasteiger partial charge is 0.326 e. The standard InChI is InChI=1S/C21H19N3O5S2/c1-7(20(27)28)24-18(25)13-9-5-10(14(13)19(24)26)15-12(9)11(8-3-2-4-22-6-8)16-17(30-15)23-21(29)31-16/h2-4,6-7,9-15H,5H2,1H3,(H,23,29)(H,27,28)/t7-,9-,10-,11-,12-,13+,14-,15+/m1/s1. The van der Waals surface area contributed by atoms with Crippen molar-refractivity contribution in [1.29, 1.82) is 0 Å². The fourth-order valence-electron chi connectivity index (χ4n) is 6.47. The first-order chi connectivity index (χ1) is 14.9. The fraction of sp³-hybridized carbons (Fsp3) is 0.476. The first-order valence-corrected chi connectivity index (χ1v) is 12.0. The number of fused-ring (bicyclic) bond motifs is 9. The summed E-state index contributed by atoms with van der Waals surface area (Å²) >= 11 is 2.82. The summed E-state index contributed by atoms with van der Waals surface area (Å²) in [5.41, 5.74) is 1.01. The number of aliphatic carboxylic acids is 1. The van der Waals surface area contributed by atoms with E-state index in [-0.39, 0.29) is 45.6 Å². The number of nitrogens with zero attached hydrogens (tertiary/aromatic N) is 2. The molecule has 0 radical (unpaired) electrons. The predicted octanol–water partition coefficient (Wildman–Crippen LogP) is 1.78. The average molecular weight is 458 g/mol. The Morgan fingerprint density at radius 1 is 1.26 bits per heavy atom. The Hall–Kier alpha value is -2.46. The number of carboxylic acids is 1. The zero-order valence-electron chi connectivity index (χ0n) is 16.4. The lowest BCUT2D eigenvalue weighted by atomic mass is 9.68. The second-order valence-electron chi connectivity index (χ2n) is 8.81. The molecule has 2 amide bonds. The number of carbonyl (C=O) groups is 3. The van der Waals surface area contributed by atoms with Crippen LogP contribution in [0.25, 0.3) is 0 Å². The number of carboxylic acid groups (broad SMARTS) is 1. The van der Waals surface area contributed by atoms with Crippen molar-refractivity contribution in [2.75, 3.05) is 0 Å². The summed E-state index contributed by atoms with van der Waals surface area (Å²) in [5.74, 6) is -2.81. The van der Waals surface area contributed by atoms with Crippen LogP contribution in [0.2, 0.25) is 0 Å². The molecular weight excluding hydrogens is 438 g/mol. The molecule has 2 aliphatic heterocycles. The third-order valence-electron chi connectivity index (χ3n) is 7.55. The molecule has 8 atom stereocenters. The molecule has 1 saturated heterocycles. The predicted molar refractivity (Wildman–Crippen MR) is 112 cm³/mol. The van der Waals surface area contributed by atoms with E-state index in [1.54, 1.807) is 18.0 Å². The number of pyridine rings is 1. The van der Waals surface area contributed by atoms with Crippen molar-refractivity contribution in [3.8, 4) is 0 Å². The van der Waals surface area contributed by atoms with Gasteiger partial charge in [-0.1, -0.05) is 17.4 Å². The molecule has 2 N–H and O–H groups in total. The van der Waals surface area contributed by atoms with Crippen LogP contribution >= 0.6 is 23.1 Å². The number of rotatable bonds is 3. The highest BCUT2D eigenvalue weighted by atomic mass is 32.2. The fourth-order valence-corrected chi connectivity index (χ4v) is 9.35. The van der Waals surface area contributed by atoms with Gasteiger partial charge in [0.1, 0.15) is 6.04 Å². The summed E-state index contributed by atoms with van der Waals surface area (Å²) in [6.07, 6.45) is 4.30. The summed E-state index contributed by atoms with van der Waals surface area (Å²) in [6.45, 7) is 1.39. The second-order valence-corrected chi connectivity index (χ2v) is 11.0. The molecule has 0 spiro atoms. The van der Waals surface area contributed by atoms with Crippen molar-refractivity contribution < 1.29 is 19.5 Å². The quantitative estimate of drug-likeness (QED) is 0.674. The van der Waals surface area contributed by atoms with Crippen LogP contribution in [0, 0.1) is 29.6 Å². The molecule has 160 valence electrons. The van der Waals surface area contributed by atoms with Crippen LogP contribution in [-0.2, 0) is 14.4 Å². The van der Waals surface area contributed by atoms with Gasteiger partial charge < -0.3 is 10.1 Å². The number of H-pyrrole nitrogens is 1. The van der Waals surface area contributed by atoms with Gasteiger partial charge in [0, 0.05) is 28.4 Å². The zero-order valence-corrected chi connectivity index (χ0v) is 18.1. The third kappa shape index (κ3) is 2.46. The molecule has 6 rings (SSSR count). The van der Waals surface area contributed by atoms with E-state index in [1.807, 2.05) is 18.3 Å². The first-order valence-electron chi connectivity index (χ1n) is 10.3. The molecule has 2 aliphatic carbocycles. The lowest BCUT2D eigenvalue weighted by Gasteiger charge is -2.42. The van der Waals surface area contributed by atoms with Gasteiger partial charge in [-0.25, -0.2) is 4.79 Å². The minimum atomic E-state index is -1.17. The van der Waals surface area contributed by atoms with E-state index in [0.29, 0.717) is 0 Å². The molecule has 2 aromatic rings. The topological polar surface area (TPSA) is 120 Å². The normalized spacial score (nSPS) is 36.3. The summed E-state index contributed by atoms with van der Waals surface area (Å²) in [5, 5.41) is 10.4. The van der Waals surface area contributed by atoms with Crippen molar-refractivity contribution in [2.45, 2.75) is 35.6 Å². The number of likely N-dealkylation sites (tertiary alicyclic amines) is 1. The first kappa shape index (κ1) is 19.2. The average Bonchev–Trinajstić information content (AvgIpc) is 3.47. The maximum Gasteiger partial charge on any atom is 0.326 e. The Balaban J connectivity index is 1.46. The molecule has 0 unspecified atom stereocenters. The van der Waals surface area contributed by atoms with Gasteiger partial charge in [-0.2, -0.15) is 0 Å². The van der Waals surface area contributed by atoms with Gasteiger partial charge in [0.15, 0.2) is 0 Å². The molecule has 2 saturated carbocycles. The van der Waals surface area contributed by atoms with Crippen LogP contribution in [0.4, 0.5) is 0 Å². The van der Waals surface area contributed by atoms with Crippen LogP contribution in [0.5, 0.6) is 0 Å². The molecule has 4 heterocycles. The Morgan fingerprint density at radius 3 is 2.68 bits per heavy atom. The Labute approximate surface area is 185 Å². The molecule has 0 aromatic carbocycles. The minimum absolute atomic E-state index is 0.0110. The molecule has 2 aromatic heterocycles. The van der Waals surface area contributed by atoms with Gasteiger partial charge >= 0.3 is 10.8 Å². The van der Waals surface area contributed by atoms with Gasteiger partial charge in [0.25, 0.3) is 0 Å². The summed E-state index contributed by atoms with van der Waals surface area (Å²) in [4.78, 5) is 59.2. The van der Waals surface area contributed by atoms with E-state index in [4.69, 9.17) is 0 Å². The van der Waals surface area contributed by atoms with E-state index in [9.17, 15) is 24.3 Å². The van der Waals surface area contributed by atoms with Crippen molar-refractivity contribution in [2.24, 2.45) is 29.6 Å². The minimum Gasteiger partial charge on any atom is -0.480 e. The summed E-state index contributed by atoms with van der Waals surface area (Å²) in [6, 6.07) is 2.71. The number of thioether (sulfide) groups is 1. The number of hydrogen-bond donors (Lipinski definition) is 2. The Kier molecular flexibility index (Phi) is 4.05. The lowest BCUT2D eigenvalue weighted by Crippen LogP contribution is -2.44. The van der Waals surface area contributed by atoms with E-state index in [1.165, 1.54) is 18.3 Å². The number of aromatic nitrogens is 2. The molecule has 3 fully saturated rings. The van der Waals surface area contributed by atoms with Crippen LogP contribution in [0.15, 0.2) is 34.3 Å². The molecule has 31 heavy (non-hydrogen) atoms. The number of nitrogens with one attached hydrogen (secondary N) is 1.